The first kappa shape index (κ1) is 18.8. The minimum absolute atomic E-state index is 0.0580. The topological polar surface area (TPSA) is 99.5 Å². The second-order valence-corrected chi connectivity index (χ2v) is 5.74. The molecule has 0 unspecified atom stereocenters. The van der Waals surface area contributed by atoms with Gasteiger partial charge in [-0.25, -0.2) is 9.48 Å². The molecule has 3 aromatic rings. The number of para-hydroxylation sites is 1. The number of ether oxygens (including phenoxy) is 2. The fourth-order valence-electron chi connectivity index (χ4n) is 2.24. The Bertz CT molecular complexity index is 1030. The molecule has 1 amide bonds. The van der Waals surface area contributed by atoms with Crippen LogP contribution >= 0.6 is 0 Å². The van der Waals surface area contributed by atoms with Crippen LogP contribution in [0.4, 0.5) is 5.69 Å². The minimum atomic E-state index is -0.794. The summed E-state index contributed by atoms with van der Waals surface area (Å²) in [6.45, 7) is -0.481. The van der Waals surface area contributed by atoms with Crippen LogP contribution in [0, 0.1) is 0 Å². The van der Waals surface area contributed by atoms with Crippen molar-refractivity contribution < 1.29 is 19.1 Å². The summed E-state index contributed by atoms with van der Waals surface area (Å²) in [5.41, 5.74) is 0.119. The molecule has 0 spiro atoms. The third kappa shape index (κ3) is 5.04. The van der Waals surface area contributed by atoms with Crippen LogP contribution in [0.3, 0.4) is 0 Å². The first-order chi connectivity index (χ1) is 13.5. The number of hydrogen-bond donors (Lipinski definition) is 1. The van der Waals surface area contributed by atoms with Crippen LogP contribution in [-0.2, 0) is 16.6 Å². The summed E-state index contributed by atoms with van der Waals surface area (Å²) in [6.07, 6.45) is 0. The number of aryl methyl sites for hydroxylation is 1. The third-order valence-corrected chi connectivity index (χ3v) is 3.62. The molecule has 8 nitrogen and oxygen atoms in total. The van der Waals surface area contributed by atoms with Gasteiger partial charge in [0.1, 0.15) is 11.5 Å². The van der Waals surface area contributed by atoms with Crippen molar-refractivity contribution >= 4 is 17.6 Å². The lowest BCUT2D eigenvalue weighted by molar-refractivity contribution is -0.119. The van der Waals surface area contributed by atoms with Crippen molar-refractivity contribution in [3.8, 4) is 11.5 Å². The maximum absolute atomic E-state index is 12.0. The molecule has 0 aliphatic carbocycles. The predicted molar refractivity (Wildman–Crippen MR) is 101 cm³/mol. The lowest BCUT2D eigenvalue weighted by Gasteiger charge is -2.08. The highest BCUT2D eigenvalue weighted by molar-refractivity contribution is 5.94. The second-order valence-electron chi connectivity index (χ2n) is 5.74. The second kappa shape index (κ2) is 8.63. The van der Waals surface area contributed by atoms with Crippen molar-refractivity contribution in [1.29, 1.82) is 0 Å². The SMILES string of the molecule is Cn1nc(C(=O)OCC(=O)Nc2ccc(Oc3ccccc3)cc2)ccc1=O. The van der Waals surface area contributed by atoms with Gasteiger partial charge in [0.25, 0.3) is 11.5 Å². The van der Waals surface area contributed by atoms with Gasteiger partial charge in [0.2, 0.25) is 0 Å². The van der Waals surface area contributed by atoms with Crippen molar-refractivity contribution in [1.82, 2.24) is 9.78 Å². The molecule has 28 heavy (non-hydrogen) atoms. The molecule has 2 aromatic carbocycles. The molecule has 142 valence electrons. The van der Waals surface area contributed by atoms with Gasteiger partial charge < -0.3 is 14.8 Å². The van der Waals surface area contributed by atoms with Crippen molar-refractivity contribution in [2.75, 3.05) is 11.9 Å². The van der Waals surface area contributed by atoms with Crippen molar-refractivity contribution in [3.05, 3.63) is 82.8 Å². The maximum Gasteiger partial charge on any atom is 0.359 e. The molecular weight excluding hydrogens is 362 g/mol. The summed E-state index contributed by atoms with van der Waals surface area (Å²) in [6, 6.07) is 18.5. The fraction of sp³-hybridized carbons (Fsp3) is 0.100. The molecule has 0 saturated carbocycles. The summed E-state index contributed by atoms with van der Waals surface area (Å²) in [4.78, 5) is 35.1. The Morgan fingerprint density at radius 1 is 0.964 bits per heavy atom. The number of nitrogens with one attached hydrogen (secondary N) is 1. The fourth-order valence-corrected chi connectivity index (χ4v) is 2.24. The zero-order valence-corrected chi connectivity index (χ0v) is 15.0. The quantitative estimate of drug-likeness (QED) is 0.660. The lowest BCUT2D eigenvalue weighted by atomic mass is 10.3. The van der Waals surface area contributed by atoms with Gasteiger partial charge in [-0.15, -0.1) is 0 Å². The number of nitrogens with zero attached hydrogens (tertiary/aromatic N) is 2. The van der Waals surface area contributed by atoms with Gasteiger partial charge in [-0.05, 0) is 42.5 Å². The zero-order chi connectivity index (χ0) is 19.9. The summed E-state index contributed by atoms with van der Waals surface area (Å²) in [5.74, 6) is 0.0295. The van der Waals surface area contributed by atoms with Crippen molar-refractivity contribution in [3.63, 3.8) is 0 Å². The summed E-state index contributed by atoms with van der Waals surface area (Å²) in [7, 11) is 1.41. The van der Waals surface area contributed by atoms with E-state index in [9.17, 15) is 14.4 Å². The third-order valence-electron chi connectivity index (χ3n) is 3.62. The van der Waals surface area contributed by atoms with E-state index in [1.165, 1.54) is 19.2 Å². The van der Waals surface area contributed by atoms with E-state index in [0.717, 1.165) is 4.68 Å². The smallest absolute Gasteiger partial charge is 0.359 e. The van der Waals surface area contributed by atoms with Crippen LogP contribution in [0.2, 0.25) is 0 Å². The largest absolute Gasteiger partial charge is 0.457 e. The zero-order valence-electron chi connectivity index (χ0n) is 15.0. The molecule has 0 saturated heterocycles. The average molecular weight is 379 g/mol. The predicted octanol–water partition coefficient (Wildman–Crippen LogP) is 2.37. The molecule has 1 aromatic heterocycles. The molecule has 0 fully saturated rings. The number of hydrogen-bond acceptors (Lipinski definition) is 6. The van der Waals surface area contributed by atoms with Gasteiger partial charge in [0.05, 0.1) is 0 Å². The molecule has 0 radical (unpaired) electrons. The molecule has 0 aliphatic rings. The van der Waals surface area contributed by atoms with Gasteiger partial charge in [-0.1, -0.05) is 18.2 Å². The van der Waals surface area contributed by atoms with Gasteiger partial charge in [-0.2, -0.15) is 5.10 Å². The Balaban J connectivity index is 1.51. The number of carbonyl (C=O) groups excluding carboxylic acids is 2. The Morgan fingerprint density at radius 3 is 2.32 bits per heavy atom. The van der Waals surface area contributed by atoms with E-state index < -0.39 is 18.5 Å². The van der Waals surface area contributed by atoms with E-state index in [-0.39, 0.29) is 11.3 Å². The van der Waals surface area contributed by atoms with E-state index >= 15 is 0 Å². The highest BCUT2D eigenvalue weighted by Gasteiger charge is 2.13. The van der Waals surface area contributed by atoms with Crippen LogP contribution < -0.4 is 15.6 Å². The van der Waals surface area contributed by atoms with Crippen LogP contribution in [0.1, 0.15) is 10.5 Å². The molecular formula is C20H17N3O5. The molecule has 1 N–H and O–H groups in total. The van der Waals surface area contributed by atoms with E-state index in [2.05, 4.69) is 10.4 Å². The Labute approximate surface area is 160 Å². The number of aromatic nitrogens is 2. The maximum atomic E-state index is 12.0. The number of amides is 1. The Morgan fingerprint density at radius 2 is 1.64 bits per heavy atom. The number of benzene rings is 2. The number of rotatable bonds is 6. The lowest BCUT2D eigenvalue weighted by Crippen LogP contribution is -2.24. The van der Waals surface area contributed by atoms with Crippen LogP contribution in [-0.4, -0.2) is 28.3 Å². The normalized spacial score (nSPS) is 10.2. The summed E-state index contributed by atoms with van der Waals surface area (Å²) >= 11 is 0. The highest BCUT2D eigenvalue weighted by Crippen LogP contribution is 2.22. The average Bonchev–Trinajstić information content (AvgIpc) is 2.70. The molecule has 0 atom stereocenters. The van der Waals surface area contributed by atoms with E-state index in [0.29, 0.717) is 17.2 Å². The van der Waals surface area contributed by atoms with E-state index in [1.807, 2.05) is 30.3 Å². The van der Waals surface area contributed by atoms with Crippen LogP contribution in [0.15, 0.2) is 71.5 Å². The highest BCUT2D eigenvalue weighted by atomic mass is 16.5. The van der Waals surface area contributed by atoms with Gasteiger partial charge >= 0.3 is 5.97 Å². The number of carbonyl (C=O) groups is 2. The Kier molecular flexibility index (Phi) is 5.81. The van der Waals surface area contributed by atoms with Gasteiger partial charge in [0.15, 0.2) is 12.3 Å². The van der Waals surface area contributed by atoms with Crippen LogP contribution in [0.25, 0.3) is 0 Å². The van der Waals surface area contributed by atoms with Crippen molar-refractivity contribution in [2.24, 2.45) is 7.05 Å². The molecule has 0 bridgehead atoms. The Hall–Kier alpha value is -3.94. The molecule has 3 rings (SSSR count). The van der Waals surface area contributed by atoms with Crippen molar-refractivity contribution in [2.45, 2.75) is 0 Å². The van der Waals surface area contributed by atoms with Crippen LogP contribution in [0.5, 0.6) is 11.5 Å². The minimum Gasteiger partial charge on any atom is -0.457 e. The van der Waals surface area contributed by atoms with Gasteiger partial charge in [-0.3, -0.25) is 9.59 Å². The summed E-state index contributed by atoms with van der Waals surface area (Å²) < 4.78 is 11.6. The summed E-state index contributed by atoms with van der Waals surface area (Å²) in [5, 5.41) is 6.38. The standard InChI is InChI=1S/C20H17N3O5/c1-23-19(25)12-11-17(22-23)20(26)27-13-18(24)21-14-7-9-16(10-8-14)28-15-5-3-2-4-6-15/h2-12H,13H2,1H3,(H,21,24). The molecule has 0 aliphatic heterocycles. The monoisotopic (exact) mass is 379 g/mol. The molecule has 1 heterocycles. The van der Waals surface area contributed by atoms with E-state index in [1.54, 1.807) is 24.3 Å². The number of esters is 1. The first-order valence-corrected chi connectivity index (χ1v) is 8.35. The number of anilines is 1. The first-order valence-electron chi connectivity index (χ1n) is 8.35. The van der Waals surface area contributed by atoms with Gasteiger partial charge in [0, 0.05) is 18.8 Å². The molecule has 8 heteroatoms. The van der Waals surface area contributed by atoms with E-state index in [4.69, 9.17) is 9.47 Å².